The van der Waals surface area contributed by atoms with Gasteiger partial charge in [-0.05, 0) is 24.4 Å². The van der Waals surface area contributed by atoms with Crippen LogP contribution in [0.5, 0.6) is 0 Å². The number of para-hydroxylation sites is 1. The van der Waals surface area contributed by atoms with Gasteiger partial charge in [-0.1, -0.05) is 18.2 Å². The number of nitrogens with one attached hydrogen (secondary N) is 1. The average Bonchev–Trinajstić information content (AvgIpc) is 2.87. The van der Waals surface area contributed by atoms with Crippen LogP contribution in [0.15, 0.2) is 36.0 Å². The lowest BCUT2D eigenvalue weighted by molar-refractivity contribution is -0.128. The van der Waals surface area contributed by atoms with Crippen LogP contribution in [0.1, 0.15) is 5.56 Å². The van der Waals surface area contributed by atoms with E-state index in [1.54, 1.807) is 10.8 Å². The summed E-state index contributed by atoms with van der Waals surface area (Å²) < 4.78 is 1.68. The number of primary amides is 1. The van der Waals surface area contributed by atoms with Gasteiger partial charge in [-0.2, -0.15) is 0 Å². The molecule has 1 aromatic heterocycles. The first-order valence-electron chi connectivity index (χ1n) is 7.09. The van der Waals surface area contributed by atoms with Gasteiger partial charge in [-0.3, -0.25) is 24.6 Å². The molecule has 0 unspecified atom stereocenters. The first-order chi connectivity index (χ1) is 11.4. The number of nitrogens with two attached hydrogens (primary N) is 1. The van der Waals surface area contributed by atoms with Crippen LogP contribution in [0.25, 0.3) is 17.0 Å². The van der Waals surface area contributed by atoms with Gasteiger partial charge in [0.15, 0.2) is 5.11 Å². The van der Waals surface area contributed by atoms with Crippen LogP contribution in [0.3, 0.4) is 0 Å². The summed E-state index contributed by atoms with van der Waals surface area (Å²) in [6.07, 6.45) is 3.19. The number of hydrogen-bond acceptors (Lipinski definition) is 4. The Morgan fingerprint density at radius 1 is 1.33 bits per heavy atom. The topological polar surface area (TPSA) is 97.4 Å². The van der Waals surface area contributed by atoms with Crippen molar-refractivity contribution in [3.05, 3.63) is 41.6 Å². The highest BCUT2D eigenvalue weighted by Crippen LogP contribution is 2.24. The Morgan fingerprint density at radius 3 is 2.75 bits per heavy atom. The molecule has 1 fully saturated rings. The maximum atomic E-state index is 12.3. The SMILES string of the molecule is CN1C(=O)/C(=C\c2cn(CC(N)=O)c3ccccc23)C(=O)NC1=S. The molecule has 3 rings (SSSR count). The van der Waals surface area contributed by atoms with Crippen LogP contribution in [0.4, 0.5) is 0 Å². The number of aromatic nitrogens is 1. The third-order valence-corrected chi connectivity index (χ3v) is 4.13. The number of fused-ring (bicyclic) bond motifs is 1. The molecule has 24 heavy (non-hydrogen) atoms. The van der Waals surface area contributed by atoms with E-state index in [2.05, 4.69) is 5.32 Å². The monoisotopic (exact) mass is 342 g/mol. The molecule has 3 amide bonds. The second-order valence-electron chi connectivity index (χ2n) is 5.38. The van der Waals surface area contributed by atoms with Crippen LogP contribution < -0.4 is 11.1 Å². The van der Waals surface area contributed by atoms with E-state index in [1.165, 1.54) is 18.0 Å². The van der Waals surface area contributed by atoms with Crippen molar-refractivity contribution < 1.29 is 14.4 Å². The van der Waals surface area contributed by atoms with E-state index in [1.807, 2.05) is 24.3 Å². The van der Waals surface area contributed by atoms with Crippen molar-refractivity contribution in [1.29, 1.82) is 0 Å². The molecule has 0 spiro atoms. The van der Waals surface area contributed by atoms with Crippen molar-refractivity contribution in [2.24, 2.45) is 5.73 Å². The molecule has 1 aliphatic rings. The quantitative estimate of drug-likeness (QED) is 0.479. The predicted molar refractivity (Wildman–Crippen MR) is 92.6 cm³/mol. The summed E-state index contributed by atoms with van der Waals surface area (Å²) in [5.41, 5.74) is 6.68. The second kappa shape index (κ2) is 5.89. The fourth-order valence-corrected chi connectivity index (χ4v) is 2.77. The Labute approximate surface area is 142 Å². The van der Waals surface area contributed by atoms with Gasteiger partial charge in [-0.25, -0.2) is 0 Å². The van der Waals surface area contributed by atoms with Crippen LogP contribution in [0, 0.1) is 0 Å². The van der Waals surface area contributed by atoms with Gasteiger partial charge >= 0.3 is 0 Å². The van der Waals surface area contributed by atoms with E-state index >= 15 is 0 Å². The van der Waals surface area contributed by atoms with Crippen molar-refractivity contribution in [2.45, 2.75) is 6.54 Å². The second-order valence-corrected chi connectivity index (χ2v) is 5.76. The van der Waals surface area contributed by atoms with Crippen molar-refractivity contribution in [1.82, 2.24) is 14.8 Å². The van der Waals surface area contributed by atoms with Crippen molar-refractivity contribution in [3.63, 3.8) is 0 Å². The van der Waals surface area contributed by atoms with Crippen LogP contribution >= 0.6 is 12.2 Å². The fraction of sp³-hybridized carbons (Fsp3) is 0.125. The van der Waals surface area contributed by atoms with E-state index in [-0.39, 0.29) is 17.2 Å². The van der Waals surface area contributed by atoms with Crippen molar-refractivity contribution in [3.8, 4) is 0 Å². The lowest BCUT2D eigenvalue weighted by atomic mass is 10.1. The summed E-state index contributed by atoms with van der Waals surface area (Å²) in [4.78, 5) is 36.8. The highest BCUT2D eigenvalue weighted by molar-refractivity contribution is 7.80. The van der Waals surface area contributed by atoms with Gasteiger partial charge in [0.05, 0.1) is 0 Å². The van der Waals surface area contributed by atoms with Gasteiger partial charge in [0.2, 0.25) is 5.91 Å². The molecule has 1 saturated heterocycles. The largest absolute Gasteiger partial charge is 0.368 e. The number of nitrogens with zero attached hydrogens (tertiary/aromatic N) is 2. The number of benzene rings is 1. The van der Waals surface area contributed by atoms with Crippen LogP contribution in [0.2, 0.25) is 0 Å². The number of amides is 3. The predicted octanol–water partition coefficient (Wildman–Crippen LogP) is 0.383. The molecule has 0 atom stereocenters. The minimum Gasteiger partial charge on any atom is -0.368 e. The lowest BCUT2D eigenvalue weighted by Crippen LogP contribution is -2.52. The summed E-state index contributed by atoms with van der Waals surface area (Å²) in [7, 11) is 1.49. The highest BCUT2D eigenvalue weighted by atomic mass is 32.1. The summed E-state index contributed by atoms with van der Waals surface area (Å²) in [5, 5.41) is 3.34. The summed E-state index contributed by atoms with van der Waals surface area (Å²) in [5.74, 6) is -1.50. The minimum absolute atomic E-state index is 0.00776. The molecule has 2 aromatic rings. The van der Waals surface area contributed by atoms with Gasteiger partial charge in [0.1, 0.15) is 12.1 Å². The van der Waals surface area contributed by atoms with Gasteiger partial charge in [0, 0.05) is 29.7 Å². The molecule has 0 radical (unpaired) electrons. The number of rotatable bonds is 3. The van der Waals surface area contributed by atoms with Gasteiger partial charge in [0.25, 0.3) is 11.8 Å². The standard InChI is InChI=1S/C16H14N4O3S/c1-19-15(23)11(14(22)18-16(19)24)6-9-7-20(8-13(17)21)12-5-3-2-4-10(9)12/h2-7H,8H2,1H3,(H2,17,21)(H,18,22,24)/b11-6-. The van der Waals surface area contributed by atoms with E-state index in [4.69, 9.17) is 18.0 Å². The molecule has 8 heteroatoms. The average molecular weight is 342 g/mol. The Kier molecular flexibility index (Phi) is 3.90. The Bertz CT molecular complexity index is 929. The third kappa shape index (κ3) is 2.67. The van der Waals surface area contributed by atoms with Gasteiger partial charge < -0.3 is 10.3 Å². The molecule has 2 heterocycles. The summed E-state index contributed by atoms with van der Waals surface area (Å²) in [6.45, 7) is 0.00776. The molecule has 122 valence electrons. The Balaban J connectivity index is 2.13. The smallest absolute Gasteiger partial charge is 0.265 e. The molecular formula is C16H14N4O3S. The molecule has 0 bridgehead atoms. The molecular weight excluding hydrogens is 328 g/mol. The number of carbonyl (C=O) groups is 3. The van der Waals surface area contributed by atoms with Crippen molar-refractivity contribution >= 4 is 52.0 Å². The normalized spacial score (nSPS) is 16.8. The number of hydrogen-bond donors (Lipinski definition) is 2. The van der Waals surface area contributed by atoms with E-state index in [9.17, 15) is 14.4 Å². The molecule has 1 aromatic carbocycles. The summed E-state index contributed by atoms with van der Waals surface area (Å²) in [6, 6.07) is 7.35. The molecule has 1 aliphatic heterocycles. The van der Waals surface area contributed by atoms with E-state index < -0.39 is 17.7 Å². The highest BCUT2D eigenvalue weighted by Gasteiger charge is 2.31. The minimum atomic E-state index is -0.546. The number of thiocarbonyl (C=S) groups is 1. The van der Waals surface area contributed by atoms with Crippen molar-refractivity contribution in [2.75, 3.05) is 7.05 Å². The zero-order valence-electron chi connectivity index (χ0n) is 12.8. The first-order valence-corrected chi connectivity index (χ1v) is 7.50. The van der Waals surface area contributed by atoms with E-state index in [0.717, 1.165) is 10.9 Å². The molecule has 0 saturated carbocycles. The van der Waals surface area contributed by atoms with Crippen LogP contribution in [-0.2, 0) is 20.9 Å². The molecule has 0 aliphatic carbocycles. The van der Waals surface area contributed by atoms with E-state index in [0.29, 0.717) is 5.56 Å². The fourth-order valence-electron chi connectivity index (χ4n) is 2.59. The maximum absolute atomic E-state index is 12.3. The Hall–Kier alpha value is -3.00. The van der Waals surface area contributed by atoms with Gasteiger partial charge in [-0.15, -0.1) is 0 Å². The zero-order chi connectivity index (χ0) is 17.4. The number of likely N-dealkylation sites (N-methyl/N-ethyl adjacent to an activating group) is 1. The van der Waals surface area contributed by atoms with Crippen LogP contribution in [-0.4, -0.2) is 39.3 Å². The zero-order valence-corrected chi connectivity index (χ0v) is 13.6. The Morgan fingerprint density at radius 2 is 2.04 bits per heavy atom. The first kappa shape index (κ1) is 15.9. The lowest BCUT2D eigenvalue weighted by Gasteiger charge is -2.24. The third-order valence-electron chi connectivity index (χ3n) is 3.75. The molecule has 7 nitrogen and oxygen atoms in total. The maximum Gasteiger partial charge on any atom is 0.265 e. The molecule has 3 N–H and O–H groups in total. The number of carbonyl (C=O) groups excluding carboxylic acids is 3. The summed E-state index contributed by atoms with van der Waals surface area (Å²) >= 11 is 4.92.